The molecule has 2 atom stereocenters. The summed E-state index contributed by atoms with van der Waals surface area (Å²) in [6, 6.07) is 1.48. The number of hydrogen-bond donors (Lipinski definition) is 0. The second-order valence-electron chi connectivity index (χ2n) is 4.78. The number of carbonyl (C=O) groups excluding carboxylic acids is 1. The zero-order valence-corrected chi connectivity index (χ0v) is 9.95. The van der Waals surface area contributed by atoms with Crippen molar-refractivity contribution < 1.29 is 9.18 Å². The van der Waals surface area contributed by atoms with Crippen LogP contribution in [0.4, 0.5) is 4.39 Å². The first-order valence-corrected chi connectivity index (χ1v) is 6.15. The van der Waals surface area contributed by atoms with E-state index in [-0.39, 0.29) is 16.6 Å². The molecule has 2 aliphatic rings. The van der Waals surface area contributed by atoms with E-state index in [1.54, 1.807) is 0 Å². The summed E-state index contributed by atoms with van der Waals surface area (Å²) in [6.45, 7) is 0.774. The number of carbonyl (C=O) groups is 1. The van der Waals surface area contributed by atoms with E-state index in [0.717, 1.165) is 25.6 Å². The second kappa shape index (κ2) is 3.95. The molecule has 3 nitrogen and oxygen atoms in total. The number of hydrogen-bond acceptors (Lipinski definition) is 2. The van der Waals surface area contributed by atoms with E-state index in [4.69, 9.17) is 11.6 Å². The summed E-state index contributed by atoms with van der Waals surface area (Å²) in [5, 5.41) is 0.0826. The molecule has 1 aliphatic carbocycles. The Morgan fingerprint density at radius 1 is 1.53 bits per heavy atom. The molecule has 2 bridgehead atoms. The van der Waals surface area contributed by atoms with E-state index >= 15 is 0 Å². The zero-order chi connectivity index (χ0) is 12.0. The molecular weight excluding hydrogens is 243 g/mol. The van der Waals surface area contributed by atoms with Crippen molar-refractivity contribution in [3.8, 4) is 0 Å². The van der Waals surface area contributed by atoms with Crippen LogP contribution in [-0.2, 0) is 0 Å². The van der Waals surface area contributed by atoms with Crippen LogP contribution < -0.4 is 0 Å². The number of aromatic nitrogens is 1. The molecular formula is C12H12ClFN2O. The average Bonchev–Trinajstić information content (AvgIpc) is 2.93. The van der Waals surface area contributed by atoms with Crippen LogP contribution in [0.2, 0.25) is 5.15 Å². The number of fused-ring (bicyclic) bond motifs is 2. The molecule has 0 spiro atoms. The lowest BCUT2D eigenvalue weighted by Gasteiger charge is -2.27. The van der Waals surface area contributed by atoms with Crippen LogP contribution in [0.3, 0.4) is 0 Å². The minimum absolute atomic E-state index is 0.0826. The highest BCUT2D eigenvalue weighted by atomic mass is 35.5. The molecule has 17 heavy (non-hydrogen) atoms. The van der Waals surface area contributed by atoms with Gasteiger partial charge in [-0.2, -0.15) is 0 Å². The normalized spacial score (nSPS) is 26.6. The number of rotatable bonds is 1. The molecule has 1 saturated carbocycles. The highest BCUT2D eigenvalue weighted by molar-refractivity contribution is 6.32. The van der Waals surface area contributed by atoms with E-state index in [1.165, 1.54) is 12.5 Å². The average molecular weight is 255 g/mol. The Hall–Kier alpha value is -1.16. The number of piperidine rings is 1. The van der Waals surface area contributed by atoms with Crippen molar-refractivity contribution in [3.05, 3.63) is 28.8 Å². The Kier molecular flexibility index (Phi) is 2.54. The summed E-state index contributed by atoms with van der Waals surface area (Å²) in [5.41, 5.74) is 0.180. The monoisotopic (exact) mass is 254 g/mol. The van der Waals surface area contributed by atoms with Gasteiger partial charge >= 0.3 is 0 Å². The molecule has 2 fully saturated rings. The largest absolute Gasteiger partial charge is 0.335 e. The van der Waals surface area contributed by atoms with Gasteiger partial charge in [-0.1, -0.05) is 11.6 Å². The summed E-state index contributed by atoms with van der Waals surface area (Å²) >= 11 is 5.85. The Morgan fingerprint density at radius 3 is 3.00 bits per heavy atom. The van der Waals surface area contributed by atoms with Crippen molar-refractivity contribution in [1.29, 1.82) is 0 Å². The van der Waals surface area contributed by atoms with Crippen molar-refractivity contribution in [2.45, 2.75) is 25.3 Å². The SMILES string of the molecule is O=C(c1cc(F)cnc1Cl)N1CC2CCC1C2. The van der Waals surface area contributed by atoms with Gasteiger partial charge in [-0.3, -0.25) is 4.79 Å². The summed E-state index contributed by atoms with van der Waals surface area (Å²) in [7, 11) is 0. The Balaban J connectivity index is 1.89. The molecule has 5 heteroatoms. The van der Waals surface area contributed by atoms with Crippen LogP contribution in [0, 0.1) is 11.7 Å². The van der Waals surface area contributed by atoms with Crippen LogP contribution in [0.25, 0.3) is 0 Å². The number of nitrogens with zero attached hydrogens (tertiary/aromatic N) is 2. The molecule has 0 N–H and O–H groups in total. The molecule has 3 rings (SSSR count). The van der Waals surface area contributed by atoms with Gasteiger partial charge < -0.3 is 4.90 Å². The van der Waals surface area contributed by atoms with Gasteiger partial charge in [0.1, 0.15) is 11.0 Å². The number of likely N-dealkylation sites (tertiary alicyclic amines) is 1. The topological polar surface area (TPSA) is 33.2 Å². The van der Waals surface area contributed by atoms with Crippen LogP contribution >= 0.6 is 11.6 Å². The summed E-state index contributed by atoms with van der Waals surface area (Å²) in [5.74, 6) is -0.0967. The lowest BCUT2D eigenvalue weighted by atomic mass is 10.1. The summed E-state index contributed by atoms with van der Waals surface area (Å²) in [6.07, 6.45) is 4.35. The minimum Gasteiger partial charge on any atom is -0.335 e. The fourth-order valence-corrected chi connectivity index (χ4v) is 3.08. The maximum atomic E-state index is 13.1. The van der Waals surface area contributed by atoms with Crippen molar-refractivity contribution in [2.75, 3.05) is 6.54 Å². The Bertz CT molecular complexity index is 480. The number of pyridine rings is 1. The lowest BCUT2D eigenvalue weighted by molar-refractivity contribution is 0.0703. The third kappa shape index (κ3) is 1.80. The van der Waals surface area contributed by atoms with E-state index in [9.17, 15) is 9.18 Å². The van der Waals surface area contributed by atoms with Crippen molar-refractivity contribution >= 4 is 17.5 Å². The molecule has 2 unspecified atom stereocenters. The Labute approximate surface area is 104 Å². The third-order valence-electron chi connectivity index (χ3n) is 3.71. The first-order chi connectivity index (χ1) is 8.15. The van der Waals surface area contributed by atoms with Gasteiger partial charge in [-0.25, -0.2) is 9.37 Å². The van der Waals surface area contributed by atoms with Crippen LogP contribution in [0.5, 0.6) is 0 Å². The second-order valence-corrected chi connectivity index (χ2v) is 5.14. The Morgan fingerprint density at radius 2 is 2.35 bits per heavy atom. The molecule has 0 radical (unpaired) electrons. The zero-order valence-electron chi connectivity index (χ0n) is 9.20. The summed E-state index contributed by atoms with van der Waals surface area (Å²) in [4.78, 5) is 17.7. The maximum Gasteiger partial charge on any atom is 0.257 e. The minimum atomic E-state index is -0.526. The van der Waals surface area contributed by atoms with E-state index in [2.05, 4.69) is 4.98 Å². The molecule has 1 saturated heterocycles. The van der Waals surface area contributed by atoms with Crippen LogP contribution in [0.1, 0.15) is 29.6 Å². The predicted octanol–water partition coefficient (Wildman–Crippen LogP) is 2.50. The number of amides is 1. The highest BCUT2D eigenvalue weighted by Gasteiger charge is 2.40. The predicted molar refractivity (Wildman–Crippen MR) is 61.4 cm³/mol. The van der Waals surface area contributed by atoms with Gasteiger partial charge in [0.25, 0.3) is 5.91 Å². The fraction of sp³-hybridized carbons (Fsp3) is 0.500. The third-order valence-corrected chi connectivity index (χ3v) is 4.01. The quantitative estimate of drug-likeness (QED) is 0.722. The van der Waals surface area contributed by atoms with Crippen molar-refractivity contribution in [3.63, 3.8) is 0 Å². The summed E-state index contributed by atoms with van der Waals surface area (Å²) < 4.78 is 13.1. The smallest absolute Gasteiger partial charge is 0.257 e. The van der Waals surface area contributed by atoms with E-state index in [0.29, 0.717) is 12.0 Å². The van der Waals surface area contributed by atoms with Gasteiger partial charge in [0.2, 0.25) is 0 Å². The van der Waals surface area contributed by atoms with Crippen molar-refractivity contribution in [2.24, 2.45) is 5.92 Å². The standard InChI is InChI=1S/C12H12ClFN2O/c13-11-10(4-8(14)5-15-11)12(17)16-6-7-1-2-9(16)3-7/h4-5,7,9H,1-3,6H2. The molecule has 2 heterocycles. The van der Waals surface area contributed by atoms with Gasteiger partial charge in [0, 0.05) is 12.6 Å². The molecule has 1 aromatic rings. The van der Waals surface area contributed by atoms with Gasteiger partial charge in [-0.15, -0.1) is 0 Å². The van der Waals surface area contributed by atoms with E-state index < -0.39 is 5.82 Å². The van der Waals surface area contributed by atoms with Crippen molar-refractivity contribution in [1.82, 2.24) is 9.88 Å². The van der Waals surface area contributed by atoms with Gasteiger partial charge in [0.05, 0.1) is 11.8 Å². The maximum absolute atomic E-state index is 13.1. The van der Waals surface area contributed by atoms with E-state index in [1.807, 2.05) is 4.90 Å². The lowest BCUT2D eigenvalue weighted by Crippen LogP contribution is -2.37. The van der Waals surface area contributed by atoms with Crippen LogP contribution in [-0.4, -0.2) is 28.4 Å². The highest BCUT2D eigenvalue weighted by Crippen LogP contribution is 2.38. The molecule has 1 aromatic heterocycles. The van der Waals surface area contributed by atoms with Crippen LogP contribution in [0.15, 0.2) is 12.3 Å². The van der Waals surface area contributed by atoms with Gasteiger partial charge in [0.15, 0.2) is 0 Å². The number of halogens is 2. The molecule has 90 valence electrons. The molecule has 1 aliphatic heterocycles. The first-order valence-electron chi connectivity index (χ1n) is 5.77. The molecule has 1 amide bonds. The molecule has 0 aromatic carbocycles. The fourth-order valence-electron chi connectivity index (χ4n) is 2.90. The van der Waals surface area contributed by atoms with Gasteiger partial charge in [-0.05, 0) is 31.2 Å². The first kappa shape index (κ1) is 11.0.